The summed E-state index contributed by atoms with van der Waals surface area (Å²) in [6.07, 6.45) is 0. The summed E-state index contributed by atoms with van der Waals surface area (Å²) in [5, 5.41) is 5.90. The van der Waals surface area contributed by atoms with Gasteiger partial charge in [-0.25, -0.2) is 4.79 Å². The molecule has 0 atom stereocenters. The third-order valence-corrected chi connectivity index (χ3v) is 3.90. The van der Waals surface area contributed by atoms with Crippen molar-refractivity contribution >= 4 is 11.7 Å². The molecule has 4 nitrogen and oxygen atoms in total. The summed E-state index contributed by atoms with van der Waals surface area (Å²) < 4.78 is 5.28. The molecule has 126 valence electrons. The fourth-order valence-electron chi connectivity index (χ4n) is 2.69. The number of rotatable bonds is 5. The zero-order chi connectivity index (χ0) is 17.5. The summed E-state index contributed by atoms with van der Waals surface area (Å²) >= 11 is 0. The lowest BCUT2D eigenvalue weighted by Crippen LogP contribution is -2.33. The van der Waals surface area contributed by atoms with E-state index in [4.69, 9.17) is 4.74 Å². The molecular formula is C21H20N2O2. The van der Waals surface area contributed by atoms with Gasteiger partial charge in [-0.1, -0.05) is 72.8 Å². The number of ether oxygens (including phenoxy) is 1. The molecule has 0 fully saturated rings. The van der Waals surface area contributed by atoms with E-state index in [0.29, 0.717) is 11.4 Å². The third kappa shape index (κ3) is 4.18. The molecule has 3 aromatic rings. The van der Waals surface area contributed by atoms with Crippen LogP contribution in [0.15, 0.2) is 84.9 Å². The SMILES string of the molecule is COc1ccccc1NC(=O)NC(c1ccccc1)c1ccccc1. The quantitative estimate of drug-likeness (QED) is 0.717. The molecule has 3 aromatic carbocycles. The standard InChI is InChI=1S/C21H20N2O2/c1-25-19-15-9-8-14-18(19)22-21(24)23-20(16-10-4-2-5-11-16)17-12-6-3-7-13-17/h2-15,20H,1H3,(H2,22,23,24). The number of urea groups is 1. The van der Waals surface area contributed by atoms with E-state index >= 15 is 0 Å². The van der Waals surface area contributed by atoms with Gasteiger partial charge in [-0.15, -0.1) is 0 Å². The number of hydrogen-bond acceptors (Lipinski definition) is 2. The highest BCUT2D eigenvalue weighted by atomic mass is 16.5. The first-order chi connectivity index (χ1) is 12.3. The Morgan fingerprint density at radius 1 is 0.800 bits per heavy atom. The van der Waals surface area contributed by atoms with Crippen LogP contribution in [-0.2, 0) is 0 Å². The van der Waals surface area contributed by atoms with Crippen LogP contribution in [-0.4, -0.2) is 13.1 Å². The molecule has 0 aliphatic rings. The Kier molecular flexibility index (Phi) is 5.32. The number of para-hydroxylation sites is 2. The number of anilines is 1. The summed E-state index contributed by atoms with van der Waals surface area (Å²) in [6, 6.07) is 26.6. The predicted molar refractivity (Wildman–Crippen MR) is 99.9 cm³/mol. The van der Waals surface area contributed by atoms with E-state index in [1.165, 1.54) is 0 Å². The molecule has 0 radical (unpaired) electrons. The van der Waals surface area contributed by atoms with Crippen molar-refractivity contribution in [1.29, 1.82) is 0 Å². The van der Waals surface area contributed by atoms with Crippen LogP contribution in [0.3, 0.4) is 0 Å². The molecule has 25 heavy (non-hydrogen) atoms. The molecule has 0 unspecified atom stereocenters. The van der Waals surface area contributed by atoms with Crippen molar-refractivity contribution in [2.24, 2.45) is 0 Å². The summed E-state index contributed by atoms with van der Waals surface area (Å²) in [6.45, 7) is 0. The minimum Gasteiger partial charge on any atom is -0.495 e. The number of benzene rings is 3. The van der Waals surface area contributed by atoms with Gasteiger partial charge in [-0.05, 0) is 23.3 Å². The molecule has 0 heterocycles. The van der Waals surface area contributed by atoms with E-state index in [1.54, 1.807) is 13.2 Å². The van der Waals surface area contributed by atoms with Crippen LogP contribution in [0.2, 0.25) is 0 Å². The maximum atomic E-state index is 12.6. The van der Waals surface area contributed by atoms with Gasteiger partial charge in [0.1, 0.15) is 5.75 Å². The lowest BCUT2D eigenvalue weighted by molar-refractivity contribution is 0.250. The largest absolute Gasteiger partial charge is 0.495 e. The second kappa shape index (κ2) is 8.02. The molecule has 2 N–H and O–H groups in total. The van der Waals surface area contributed by atoms with Crippen LogP contribution in [0.25, 0.3) is 0 Å². The molecule has 0 bridgehead atoms. The Bertz CT molecular complexity index is 780. The topological polar surface area (TPSA) is 50.4 Å². The second-order valence-corrected chi connectivity index (χ2v) is 5.55. The monoisotopic (exact) mass is 332 g/mol. The summed E-state index contributed by atoms with van der Waals surface area (Å²) in [4.78, 5) is 12.6. The fourth-order valence-corrected chi connectivity index (χ4v) is 2.69. The van der Waals surface area contributed by atoms with Crippen molar-refractivity contribution in [2.75, 3.05) is 12.4 Å². The van der Waals surface area contributed by atoms with Gasteiger partial charge in [0.25, 0.3) is 0 Å². The number of amides is 2. The van der Waals surface area contributed by atoms with Crippen molar-refractivity contribution in [3.05, 3.63) is 96.1 Å². The van der Waals surface area contributed by atoms with E-state index in [2.05, 4.69) is 10.6 Å². The van der Waals surface area contributed by atoms with E-state index in [-0.39, 0.29) is 12.1 Å². The predicted octanol–water partition coefficient (Wildman–Crippen LogP) is 4.61. The Labute approximate surface area is 147 Å². The smallest absolute Gasteiger partial charge is 0.320 e. The third-order valence-electron chi connectivity index (χ3n) is 3.90. The average molecular weight is 332 g/mol. The van der Waals surface area contributed by atoms with Gasteiger partial charge in [-0.3, -0.25) is 0 Å². The van der Waals surface area contributed by atoms with E-state index in [9.17, 15) is 4.79 Å². The average Bonchev–Trinajstić information content (AvgIpc) is 2.68. The Balaban J connectivity index is 1.82. The van der Waals surface area contributed by atoms with Gasteiger partial charge in [0.15, 0.2) is 0 Å². The molecule has 4 heteroatoms. The highest BCUT2D eigenvalue weighted by Gasteiger charge is 2.17. The molecule has 3 rings (SSSR count). The number of nitrogens with one attached hydrogen (secondary N) is 2. The fraction of sp³-hybridized carbons (Fsp3) is 0.0952. The first-order valence-electron chi connectivity index (χ1n) is 8.08. The highest BCUT2D eigenvalue weighted by molar-refractivity contribution is 5.91. The van der Waals surface area contributed by atoms with Crippen LogP contribution in [0.4, 0.5) is 10.5 Å². The Morgan fingerprint density at radius 2 is 1.32 bits per heavy atom. The van der Waals surface area contributed by atoms with E-state index in [0.717, 1.165) is 11.1 Å². The van der Waals surface area contributed by atoms with Crippen LogP contribution in [0.1, 0.15) is 17.2 Å². The number of carbonyl (C=O) groups is 1. The summed E-state index contributed by atoms with van der Waals surface area (Å²) in [7, 11) is 1.58. The maximum Gasteiger partial charge on any atom is 0.320 e. The van der Waals surface area contributed by atoms with Crippen LogP contribution >= 0.6 is 0 Å². The van der Waals surface area contributed by atoms with Gasteiger partial charge in [0.2, 0.25) is 0 Å². The Hall–Kier alpha value is -3.27. The first-order valence-corrected chi connectivity index (χ1v) is 8.08. The van der Waals surface area contributed by atoms with Crippen LogP contribution < -0.4 is 15.4 Å². The van der Waals surface area contributed by atoms with E-state index < -0.39 is 0 Å². The molecule has 0 aliphatic heterocycles. The minimum atomic E-state index is -0.290. The number of methoxy groups -OCH3 is 1. The van der Waals surface area contributed by atoms with Crippen molar-refractivity contribution in [2.45, 2.75) is 6.04 Å². The van der Waals surface area contributed by atoms with Gasteiger partial charge in [0, 0.05) is 0 Å². The highest BCUT2D eigenvalue weighted by Crippen LogP contribution is 2.25. The van der Waals surface area contributed by atoms with Crippen LogP contribution in [0, 0.1) is 0 Å². The second-order valence-electron chi connectivity index (χ2n) is 5.55. The maximum absolute atomic E-state index is 12.6. The number of carbonyl (C=O) groups excluding carboxylic acids is 1. The normalized spacial score (nSPS) is 10.3. The molecule has 0 aliphatic carbocycles. The zero-order valence-corrected chi connectivity index (χ0v) is 14.0. The molecular weight excluding hydrogens is 312 g/mol. The lowest BCUT2D eigenvalue weighted by Gasteiger charge is -2.20. The molecule has 0 saturated carbocycles. The van der Waals surface area contributed by atoms with Crippen molar-refractivity contribution < 1.29 is 9.53 Å². The molecule has 0 saturated heterocycles. The Morgan fingerprint density at radius 3 is 1.88 bits per heavy atom. The summed E-state index contributed by atoms with van der Waals surface area (Å²) in [5.41, 5.74) is 2.66. The summed E-state index contributed by atoms with van der Waals surface area (Å²) in [5.74, 6) is 0.619. The van der Waals surface area contributed by atoms with Crippen molar-refractivity contribution in [3.63, 3.8) is 0 Å². The van der Waals surface area contributed by atoms with E-state index in [1.807, 2.05) is 78.9 Å². The van der Waals surface area contributed by atoms with Crippen molar-refractivity contribution in [3.8, 4) is 5.75 Å². The lowest BCUT2D eigenvalue weighted by atomic mass is 9.99. The molecule has 0 aromatic heterocycles. The van der Waals surface area contributed by atoms with Gasteiger partial charge in [-0.2, -0.15) is 0 Å². The van der Waals surface area contributed by atoms with Gasteiger partial charge >= 0.3 is 6.03 Å². The minimum absolute atomic E-state index is 0.239. The first kappa shape index (κ1) is 16.6. The number of hydrogen-bond donors (Lipinski definition) is 2. The molecule has 0 spiro atoms. The van der Waals surface area contributed by atoms with Gasteiger partial charge in [0.05, 0.1) is 18.8 Å². The van der Waals surface area contributed by atoms with Crippen molar-refractivity contribution in [1.82, 2.24) is 5.32 Å². The zero-order valence-electron chi connectivity index (χ0n) is 14.0. The molecule has 2 amide bonds. The van der Waals surface area contributed by atoms with Gasteiger partial charge < -0.3 is 15.4 Å². The van der Waals surface area contributed by atoms with Crippen LogP contribution in [0.5, 0.6) is 5.75 Å².